The highest BCUT2D eigenvalue weighted by molar-refractivity contribution is 5.98. The number of rotatable bonds is 2. The summed E-state index contributed by atoms with van der Waals surface area (Å²) in [6.07, 6.45) is 1.17. The highest BCUT2D eigenvalue weighted by Crippen LogP contribution is 2.30. The van der Waals surface area contributed by atoms with Gasteiger partial charge in [-0.25, -0.2) is 0 Å². The van der Waals surface area contributed by atoms with Crippen molar-refractivity contribution >= 4 is 11.6 Å². The molecule has 1 heterocycles. The van der Waals surface area contributed by atoms with Gasteiger partial charge in [-0.1, -0.05) is 13.8 Å². The van der Waals surface area contributed by atoms with E-state index in [0.717, 1.165) is 6.54 Å². The molecular formula is C16H24N2O2. The second-order valence-corrected chi connectivity index (χ2v) is 5.98. The van der Waals surface area contributed by atoms with Crippen molar-refractivity contribution in [1.82, 2.24) is 4.90 Å². The standard InChI is InChI=1S/C16H24N2O2/c1-10-7-11(2)12(3)18(9-10)16(19)14-8-13(17)5-6-15(14)20-4/h5-6,8,10-12H,7,9,17H2,1-4H3. The van der Waals surface area contributed by atoms with Gasteiger partial charge in [-0.05, 0) is 43.4 Å². The fourth-order valence-corrected chi connectivity index (χ4v) is 3.03. The molecule has 1 fully saturated rings. The second kappa shape index (κ2) is 5.73. The van der Waals surface area contributed by atoms with Crippen LogP contribution in [-0.2, 0) is 0 Å². The second-order valence-electron chi connectivity index (χ2n) is 5.98. The first-order valence-corrected chi connectivity index (χ1v) is 7.18. The van der Waals surface area contributed by atoms with Gasteiger partial charge in [0.25, 0.3) is 5.91 Å². The molecule has 3 atom stereocenters. The number of amides is 1. The van der Waals surface area contributed by atoms with Gasteiger partial charge in [-0.3, -0.25) is 4.79 Å². The Balaban J connectivity index is 2.32. The lowest BCUT2D eigenvalue weighted by Gasteiger charge is -2.41. The first-order valence-electron chi connectivity index (χ1n) is 7.18. The molecule has 1 amide bonds. The van der Waals surface area contributed by atoms with Crippen molar-refractivity contribution in [1.29, 1.82) is 0 Å². The smallest absolute Gasteiger partial charge is 0.257 e. The van der Waals surface area contributed by atoms with E-state index in [1.165, 1.54) is 6.42 Å². The molecule has 1 aliphatic heterocycles. The first kappa shape index (κ1) is 14.7. The Labute approximate surface area is 120 Å². The molecule has 20 heavy (non-hydrogen) atoms. The Morgan fingerprint density at radius 3 is 2.70 bits per heavy atom. The van der Waals surface area contributed by atoms with Gasteiger partial charge in [0.1, 0.15) is 5.75 Å². The molecular weight excluding hydrogens is 252 g/mol. The quantitative estimate of drug-likeness (QED) is 0.845. The van der Waals surface area contributed by atoms with Crippen LogP contribution in [0.5, 0.6) is 5.75 Å². The maximum absolute atomic E-state index is 12.8. The number of methoxy groups -OCH3 is 1. The number of ether oxygens (including phenoxy) is 1. The lowest BCUT2D eigenvalue weighted by molar-refractivity contribution is 0.0453. The summed E-state index contributed by atoms with van der Waals surface area (Å²) in [6, 6.07) is 5.45. The molecule has 4 heteroatoms. The van der Waals surface area contributed by atoms with E-state index in [4.69, 9.17) is 10.5 Å². The molecule has 4 nitrogen and oxygen atoms in total. The molecule has 110 valence electrons. The van der Waals surface area contributed by atoms with Crippen LogP contribution < -0.4 is 10.5 Å². The van der Waals surface area contributed by atoms with Crippen molar-refractivity contribution in [3.05, 3.63) is 23.8 Å². The lowest BCUT2D eigenvalue weighted by atomic mass is 9.85. The van der Waals surface area contributed by atoms with Crippen molar-refractivity contribution in [2.45, 2.75) is 33.2 Å². The van der Waals surface area contributed by atoms with Crippen LogP contribution in [0.4, 0.5) is 5.69 Å². The van der Waals surface area contributed by atoms with E-state index in [2.05, 4.69) is 20.8 Å². The monoisotopic (exact) mass is 276 g/mol. The minimum atomic E-state index is 0.0139. The molecule has 1 saturated heterocycles. The van der Waals surface area contributed by atoms with Crippen LogP contribution in [0.25, 0.3) is 0 Å². The number of anilines is 1. The zero-order chi connectivity index (χ0) is 14.9. The van der Waals surface area contributed by atoms with E-state index in [0.29, 0.717) is 28.8 Å². The summed E-state index contributed by atoms with van der Waals surface area (Å²) in [5.41, 5.74) is 6.95. The van der Waals surface area contributed by atoms with Crippen LogP contribution in [0.15, 0.2) is 18.2 Å². The fourth-order valence-electron chi connectivity index (χ4n) is 3.03. The van der Waals surface area contributed by atoms with Crippen molar-refractivity contribution in [3.8, 4) is 5.75 Å². The van der Waals surface area contributed by atoms with Crippen LogP contribution in [0, 0.1) is 11.8 Å². The summed E-state index contributed by atoms with van der Waals surface area (Å²) in [4.78, 5) is 14.8. The summed E-state index contributed by atoms with van der Waals surface area (Å²) < 4.78 is 5.30. The number of likely N-dealkylation sites (tertiary alicyclic amines) is 1. The number of nitrogen functional groups attached to an aromatic ring is 1. The number of piperidine rings is 1. The van der Waals surface area contributed by atoms with E-state index in [1.807, 2.05) is 4.90 Å². The molecule has 0 radical (unpaired) electrons. The van der Waals surface area contributed by atoms with E-state index in [-0.39, 0.29) is 11.9 Å². The summed E-state index contributed by atoms with van der Waals surface area (Å²) >= 11 is 0. The van der Waals surface area contributed by atoms with E-state index >= 15 is 0 Å². The normalized spacial score (nSPS) is 26.4. The average Bonchev–Trinajstić information content (AvgIpc) is 2.42. The van der Waals surface area contributed by atoms with Gasteiger partial charge in [0.05, 0.1) is 12.7 Å². The van der Waals surface area contributed by atoms with Gasteiger partial charge in [0.2, 0.25) is 0 Å². The molecule has 0 saturated carbocycles. The van der Waals surface area contributed by atoms with Crippen LogP contribution in [0.3, 0.4) is 0 Å². The minimum absolute atomic E-state index is 0.0139. The maximum Gasteiger partial charge on any atom is 0.257 e. The van der Waals surface area contributed by atoms with Crippen molar-refractivity contribution in [2.75, 3.05) is 19.4 Å². The summed E-state index contributed by atoms with van der Waals surface area (Å²) in [6.45, 7) is 7.31. The predicted octanol–water partition coefficient (Wildman–Crippen LogP) is 2.78. The van der Waals surface area contributed by atoms with E-state index in [1.54, 1.807) is 25.3 Å². The van der Waals surface area contributed by atoms with Crippen molar-refractivity contribution in [3.63, 3.8) is 0 Å². The molecule has 3 unspecified atom stereocenters. The SMILES string of the molecule is COc1ccc(N)cc1C(=O)N1CC(C)CC(C)C1C. The molecule has 0 aliphatic carbocycles. The molecule has 2 rings (SSSR count). The van der Waals surface area contributed by atoms with Gasteiger partial charge in [-0.15, -0.1) is 0 Å². The number of carbonyl (C=O) groups is 1. The van der Waals surface area contributed by atoms with Gasteiger partial charge >= 0.3 is 0 Å². The lowest BCUT2D eigenvalue weighted by Crippen LogP contribution is -2.48. The van der Waals surface area contributed by atoms with Crippen molar-refractivity contribution in [2.24, 2.45) is 11.8 Å². The number of benzene rings is 1. The maximum atomic E-state index is 12.8. The summed E-state index contributed by atoms with van der Waals surface area (Å²) in [5.74, 6) is 1.63. The third-order valence-electron chi connectivity index (χ3n) is 4.31. The first-order chi connectivity index (χ1) is 9.43. The van der Waals surface area contributed by atoms with Crippen LogP contribution in [0.1, 0.15) is 37.6 Å². The van der Waals surface area contributed by atoms with E-state index in [9.17, 15) is 4.79 Å². The van der Waals surface area contributed by atoms with E-state index < -0.39 is 0 Å². The van der Waals surface area contributed by atoms with Crippen LogP contribution in [-0.4, -0.2) is 30.5 Å². The molecule has 2 N–H and O–H groups in total. The number of nitrogens with two attached hydrogens (primary N) is 1. The van der Waals surface area contributed by atoms with Gasteiger partial charge in [0.15, 0.2) is 0 Å². The molecule has 1 aromatic carbocycles. The Kier molecular flexibility index (Phi) is 4.21. The Bertz CT molecular complexity index is 501. The third-order valence-corrected chi connectivity index (χ3v) is 4.31. The third kappa shape index (κ3) is 2.74. The number of hydrogen-bond acceptors (Lipinski definition) is 3. The van der Waals surface area contributed by atoms with Gasteiger partial charge in [-0.2, -0.15) is 0 Å². The number of carbonyl (C=O) groups excluding carboxylic acids is 1. The summed E-state index contributed by atoms with van der Waals surface area (Å²) in [5, 5.41) is 0. The number of hydrogen-bond donors (Lipinski definition) is 1. The average molecular weight is 276 g/mol. The molecule has 0 spiro atoms. The van der Waals surface area contributed by atoms with Crippen molar-refractivity contribution < 1.29 is 9.53 Å². The zero-order valence-corrected chi connectivity index (χ0v) is 12.7. The highest BCUT2D eigenvalue weighted by atomic mass is 16.5. The largest absolute Gasteiger partial charge is 0.496 e. The Hall–Kier alpha value is -1.71. The van der Waals surface area contributed by atoms with Crippen LogP contribution >= 0.6 is 0 Å². The Morgan fingerprint density at radius 2 is 2.05 bits per heavy atom. The molecule has 1 aliphatic rings. The van der Waals surface area contributed by atoms with Gasteiger partial charge in [0, 0.05) is 18.3 Å². The predicted molar refractivity (Wildman–Crippen MR) is 80.8 cm³/mol. The number of nitrogens with zero attached hydrogens (tertiary/aromatic N) is 1. The van der Waals surface area contributed by atoms with Crippen LogP contribution in [0.2, 0.25) is 0 Å². The fraction of sp³-hybridized carbons (Fsp3) is 0.562. The van der Waals surface area contributed by atoms with Gasteiger partial charge < -0.3 is 15.4 Å². The minimum Gasteiger partial charge on any atom is -0.496 e. The summed E-state index contributed by atoms with van der Waals surface area (Å²) in [7, 11) is 1.58. The molecule has 0 aromatic heterocycles. The molecule has 0 bridgehead atoms. The zero-order valence-electron chi connectivity index (χ0n) is 12.7. The molecule has 1 aromatic rings. The topological polar surface area (TPSA) is 55.6 Å². The highest BCUT2D eigenvalue weighted by Gasteiger charge is 2.33. The Morgan fingerprint density at radius 1 is 1.35 bits per heavy atom.